The van der Waals surface area contributed by atoms with Crippen LogP contribution in [0.2, 0.25) is 0 Å². The summed E-state index contributed by atoms with van der Waals surface area (Å²) in [6, 6.07) is 0. The molecule has 0 aliphatic carbocycles. The molecular weight excluding hydrogens is 152 g/mol. The molecule has 0 rings (SSSR count). The quantitative estimate of drug-likeness (QED) is 0.352. The summed E-state index contributed by atoms with van der Waals surface area (Å²) in [4.78, 5) is 10.7. The second-order valence-corrected chi connectivity index (χ2v) is 2.14. The van der Waals surface area contributed by atoms with E-state index >= 15 is 0 Å². The maximum atomic E-state index is 10.7. The third kappa shape index (κ3) is 3.30. The van der Waals surface area contributed by atoms with E-state index < -0.39 is 5.97 Å². The zero-order valence-corrected chi connectivity index (χ0v) is 6.73. The lowest BCUT2D eigenvalue weighted by Gasteiger charge is -1.98. The highest BCUT2D eigenvalue weighted by Gasteiger charge is 2.03. The van der Waals surface area contributed by atoms with Crippen molar-refractivity contribution in [1.82, 2.24) is 0 Å². The van der Waals surface area contributed by atoms with Gasteiger partial charge < -0.3 is 4.74 Å². The lowest BCUT2D eigenvalue weighted by molar-refractivity contribution is -0.134. The molecule has 0 amide bonds. The largest absolute Gasteiger partial charge is 0.411 e. The van der Waals surface area contributed by atoms with Gasteiger partial charge in [-0.1, -0.05) is 6.58 Å². The van der Waals surface area contributed by atoms with Crippen LogP contribution in [0.15, 0.2) is 23.4 Å². The molecule has 0 N–H and O–H groups in total. The third-order valence-corrected chi connectivity index (χ3v) is 1.06. The molecule has 0 atom stereocenters. The van der Waals surface area contributed by atoms with E-state index in [-0.39, 0.29) is 5.22 Å². The van der Waals surface area contributed by atoms with E-state index in [9.17, 15) is 4.79 Å². The summed E-state index contributed by atoms with van der Waals surface area (Å²) < 4.78 is 4.55. The number of hydrogen-bond acceptors (Lipinski definition) is 2. The fourth-order valence-electron chi connectivity index (χ4n) is 0.235. The van der Waals surface area contributed by atoms with Crippen LogP contribution in [0, 0.1) is 0 Å². The molecule has 0 unspecified atom stereocenters. The molecule has 0 aliphatic heterocycles. The average Bonchev–Trinajstić information content (AvgIpc) is 1.87. The molecule has 0 aromatic carbocycles. The SMILES string of the molecule is C=C(C)C(=O)OC(Cl)=CC. The van der Waals surface area contributed by atoms with Crippen LogP contribution in [0.1, 0.15) is 13.8 Å². The maximum absolute atomic E-state index is 10.7. The van der Waals surface area contributed by atoms with Crippen molar-refractivity contribution in [3.05, 3.63) is 23.4 Å². The Balaban J connectivity index is 3.93. The van der Waals surface area contributed by atoms with Crippen molar-refractivity contribution in [1.29, 1.82) is 0 Å². The molecule has 0 radical (unpaired) electrons. The molecule has 10 heavy (non-hydrogen) atoms. The molecular formula is C7H9ClO2. The van der Waals surface area contributed by atoms with Crippen molar-refractivity contribution in [2.45, 2.75) is 13.8 Å². The topological polar surface area (TPSA) is 26.3 Å². The first-order chi connectivity index (χ1) is 4.57. The normalized spacial score (nSPS) is 10.9. The van der Waals surface area contributed by atoms with Crippen molar-refractivity contribution >= 4 is 17.6 Å². The van der Waals surface area contributed by atoms with Crippen LogP contribution in [0.5, 0.6) is 0 Å². The Morgan fingerprint density at radius 3 is 2.50 bits per heavy atom. The molecule has 0 heterocycles. The molecule has 0 saturated heterocycles. The standard InChI is InChI=1S/C7H9ClO2/c1-4-6(8)10-7(9)5(2)3/h4H,2H2,1,3H3. The number of carbonyl (C=O) groups is 1. The summed E-state index contributed by atoms with van der Waals surface area (Å²) in [5, 5.41) is 0.0769. The molecule has 0 aromatic heterocycles. The van der Waals surface area contributed by atoms with Gasteiger partial charge in [0.2, 0.25) is 0 Å². The highest BCUT2D eigenvalue weighted by molar-refractivity contribution is 6.29. The summed E-state index contributed by atoms with van der Waals surface area (Å²) in [5.74, 6) is -0.497. The second kappa shape index (κ2) is 4.12. The van der Waals surface area contributed by atoms with Crippen molar-refractivity contribution in [2.24, 2.45) is 0 Å². The second-order valence-electron chi connectivity index (χ2n) is 1.76. The Hall–Kier alpha value is -0.760. The lowest BCUT2D eigenvalue weighted by atomic mass is 10.4. The fraction of sp³-hybridized carbons (Fsp3) is 0.286. The van der Waals surface area contributed by atoms with Crippen LogP contribution in [-0.2, 0) is 9.53 Å². The van der Waals surface area contributed by atoms with Gasteiger partial charge in [0.25, 0.3) is 0 Å². The monoisotopic (exact) mass is 160 g/mol. The summed E-state index contributed by atoms with van der Waals surface area (Å²) in [6.07, 6.45) is 1.49. The third-order valence-electron chi connectivity index (χ3n) is 0.766. The molecule has 0 aliphatic rings. The molecule has 56 valence electrons. The van der Waals surface area contributed by atoms with Gasteiger partial charge in [-0.2, -0.15) is 0 Å². The first-order valence-corrected chi connectivity index (χ1v) is 3.15. The van der Waals surface area contributed by atoms with Crippen LogP contribution in [0.3, 0.4) is 0 Å². The number of hydrogen-bond donors (Lipinski definition) is 0. The van der Waals surface area contributed by atoms with Gasteiger partial charge in [0.1, 0.15) is 0 Å². The van der Waals surface area contributed by atoms with Crippen molar-refractivity contribution < 1.29 is 9.53 Å². The fourth-order valence-corrected chi connectivity index (χ4v) is 0.305. The van der Waals surface area contributed by atoms with E-state index in [0.29, 0.717) is 5.57 Å². The van der Waals surface area contributed by atoms with Gasteiger partial charge in [-0.05, 0) is 31.5 Å². The van der Waals surface area contributed by atoms with E-state index in [1.165, 1.54) is 6.08 Å². The molecule has 2 nitrogen and oxygen atoms in total. The molecule has 3 heteroatoms. The summed E-state index contributed by atoms with van der Waals surface area (Å²) >= 11 is 5.38. The number of rotatable bonds is 2. The van der Waals surface area contributed by atoms with E-state index in [0.717, 1.165) is 0 Å². The van der Waals surface area contributed by atoms with E-state index in [4.69, 9.17) is 11.6 Å². The number of esters is 1. The number of ether oxygens (including phenoxy) is 1. The van der Waals surface area contributed by atoms with Crippen LogP contribution >= 0.6 is 11.6 Å². The Labute approximate surface area is 65.1 Å². The van der Waals surface area contributed by atoms with Crippen molar-refractivity contribution in [2.75, 3.05) is 0 Å². The molecule has 0 fully saturated rings. The minimum Gasteiger partial charge on any atom is -0.411 e. The van der Waals surface area contributed by atoms with Crippen LogP contribution < -0.4 is 0 Å². The van der Waals surface area contributed by atoms with Gasteiger partial charge in [-0.3, -0.25) is 0 Å². The minimum atomic E-state index is -0.497. The van der Waals surface area contributed by atoms with Gasteiger partial charge in [0, 0.05) is 5.57 Å². The average molecular weight is 161 g/mol. The Morgan fingerprint density at radius 1 is 1.70 bits per heavy atom. The summed E-state index contributed by atoms with van der Waals surface area (Å²) in [5.41, 5.74) is 0.333. The molecule has 0 saturated carbocycles. The lowest BCUT2D eigenvalue weighted by Crippen LogP contribution is -2.01. The Morgan fingerprint density at radius 2 is 2.20 bits per heavy atom. The molecule has 0 spiro atoms. The maximum Gasteiger partial charge on any atom is 0.339 e. The zero-order valence-electron chi connectivity index (χ0n) is 5.98. The molecule has 0 aromatic rings. The van der Waals surface area contributed by atoms with E-state index in [1.54, 1.807) is 13.8 Å². The van der Waals surface area contributed by atoms with Crippen molar-refractivity contribution in [3.63, 3.8) is 0 Å². The van der Waals surface area contributed by atoms with Gasteiger partial charge in [-0.25, -0.2) is 4.79 Å². The van der Waals surface area contributed by atoms with Gasteiger partial charge in [-0.15, -0.1) is 0 Å². The van der Waals surface area contributed by atoms with Crippen LogP contribution in [-0.4, -0.2) is 5.97 Å². The number of halogens is 1. The minimum absolute atomic E-state index is 0.0769. The van der Waals surface area contributed by atoms with Gasteiger partial charge in [0.05, 0.1) is 0 Å². The Bertz CT molecular complexity index is 182. The highest BCUT2D eigenvalue weighted by Crippen LogP contribution is 2.05. The van der Waals surface area contributed by atoms with Crippen molar-refractivity contribution in [3.8, 4) is 0 Å². The smallest absolute Gasteiger partial charge is 0.339 e. The number of allylic oxidation sites excluding steroid dienone is 1. The predicted molar refractivity (Wildman–Crippen MR) is 40.5 cm³/mol. The van der Waals surface area contributed by atoms with Crippen LogP contribution in [0.4, 0.5) is 0 Å². The van der Waals surface area contributed by atoms with Gasteiger partial charge >= 0.3 is 5.97 Å². The first-order valence-electron chi connectivity index (χ1n) is 2.77. The summed E-state index contributed by atoms with van der Waals surface area (Å²) in [6.45, 7) is 6.61. The predicted octanol–water partition coefficient (Wildman–Crippen LogP) is 2.21. The highest BCUT2D eigenvalue weighted by atomic mass is 35.5. The summed E-state index contributed by atoms with van der Waals surface area (Å²) in [7, 11) is 0. The number of carbonyl (C=O) groups excluding carboxylic acids is 1. The van der Waals surface area contributed by atoms with E-state index in [1.807, 2.05) is 0 Å². The Kier molecular flexibility index (Phi) is 3.81. The van der Waals surface area contributed by atoms with Gasteiger partial charge in [0.15, 0.2) is 5.22 Å². The van der Waals surface area contributed by atoms with E-state index in [2.05, 4.69) is 11.3 Å². The first kappa shape index (κ1) is 9.24. The van der Waals surface area contributed by atoms with Crippen LogP contribution in [0.25, 0.3) is 0 Å². The zero-order chi connectivity index (χ0) is 8.15. The molecule has 0 bridgehead atoms.